The first-order valence-corrected chi connectivity index (χ1v) is 7.78. The highest BCUT2D eigenvalue weighted by molar-refractivity contribution is 6.17. The molecule has 2 heterocycles. The lowest BCUT2D eigenvalue weighted by Crippen LogP contribution is -2.58. The molecule has 2 spiro atoms. The number of hydrogen-bond donors (Lipinski definition) is 0. The van der Waals surface area contributed by atoms with Crippen molar-refractivity contribution in [2.75, 3.05) is 0 Å². The van der Waals surface area contributed by atoms with Gasteiger partial charge in [0.1, 0.15) is 11.5 Å². The zero-order valence-corrected chi connectivity index (χ0v) is 12.4. The lowest BCUT2D eigenvalue weighted by atomic mass is 9.67. The maximum atomic E-state index is 13.1. The molecule has 0 fully saturated rings. The van der Waals surface area contributed by atoms with Gasteiger partial charge in [0.2, 0.25) is 11.6 Å². The Morgan fingerprint density at radius 2 is 1.08 bits per heavy atom. The van der Waals surface area contributed by atoms with Crippen LogP contribution in [0, 0.1) is 0 Å². The van der Waals surface area contributed by atoms with Gasteiger partial charge >= 0.3 is 0 Å². The predicted octanol–water partition coefficient (Wildman–Crippen LogP) is 2.75. The summed E-state index contributed by atoms with van der Waals surface area (Å²) in [5.41, 5.74) is 0.0787. The van der Waals surface area contributed by atoms with Gasteiger partial charge in [-0.1, -0.05) is 36.4 Å². The van der Waals surface area contributed by atoms with Crippen LogP contribution < -0.4 is 9.47 Å². The van der Waals surface area contributed by atoms with E-state index in [1.807, 2.05) is 24.3 Å². The Balaban J connectivity index is 1.83. The number of ether oxygens (including phenoxy) is 2. The maximum absolute atomic E-state index is 13.1. The monoisotopic (exact) mass is 314 g/mol. The van der Waals surface area contributed by atoms with Crippen molar-refractivity contribution < 1.29 is 19.1 Å². The second kappa shape index (κ2) is 3.51. The number of benzene rings is 2. The average molecular weight is 314 g/mol. The topological polar surface area (TPSA) is 52.6 Å². The molecule has 4 aliphatic rings. The molecule has 4 nitrogen and oxygen atoms in total. The van der Waals surface area contributed by atoms with E-state index in [2.05, 4.69) is 0 Å². The van der Waals surface area contributed by atoms with Crippen molar-refractivity contribution in [2.45, 2.75) is 11.2 Å². The van der Waals surface area contributed by atoms with Crippen molar-refractivity contribution in [3.63, 3.8) is 0 Å². The zero-order chi connectivity index (χ0) is 16.1. The molecule has 0 saturated heterocycles. The molecular weight excluding hydrogens is 304 g/mol. The third-order valence-corrected chi connectivity index (χ3v) is 5.37. The van der Waals surface area contributed by atoms with E-state index in [4.69, 9.17) is 9.47 Å². The summed E-state index contributed by atoms with van der Waals surface area (Å²) in [6, 6.07) is 11.1. The van der Waals surface area contributed by atoms with Crippen molar-refractivity contribution >= 4 is 23.7 Å². The number of carbonyl (C=O) groups is 2. The fourth-order valence-corrected chi connectivity index (χ4v) is 4.48. The number of rotatable bonds is 0. The van der Waals surface area contributed by atoms with Crippen LogP contribution in [0.25, 0.3) is 12.2 Å². The normalized spacial score (nSPS) is 29.7. The number of carbonyl (C=O) groups excluding carboxylic acids is 2. The summed E-state index contributed by atoms with van der Waals surface area (Å²) < 4.78 is 12.5. The van der Waals surface area contributed by atoms with Gasteiger partial charge in [-0.2, -0.15) is 0 Å². The first-order chi connectivity index (χ1) is 11.7. The van der Waals surface area contributed by atoms with Gasteiger partial charge in [0, 0.05) is 0 Å². The molecule has 2 aromatic rings. The van der Waals surface area contributed by atoms with Crippen LogP contribution in [0.1, 0.15) is 22.3 Å². The van der Waals surface area contributed by atoms with E-state index >= 15 is 0 Å². The second-order valence-electron chi connectivity index (χ2n) is 6.40. The van der Waals surface area contributed by atoms with E-state index in [-0.39, 0.29) is 11.6 Å². The molecule has 0 saturated carbocycles. The predicted molar refractivity (Wildman–Crippen MR) is 85.6 cm³/mol. The fraction of sp³-hybridized carbons (Fsp3) is 0.100. The van der Waals surface area contributed by atoms with E-state index in [9.17, 15) is 9.59 Å². The highest BCUT2D eigenvalue weighted by Crippen LogP contribution is 2.65. The van der Waals surface area contributed by atoms with Gasteiger partial charge < -0.3 is 9.47 Å². The molecule has 0 N–H and O–H groups in total. The second-order valence-corrected chi connectivity index (χ2v) is 6.40. The van der Waals surface area contributed by atoms with E-state index in [0.29, 0.717) is 22.6 Å². The summed E-state index contributed by atoms with van der Waals surface area (Å²) in [5.74, 6) is 0.556. The molecule has 6 rings (SSSR count). The Hall–Kier alpha value is -3.14. The van der Waals surface area contributed by atoms with Crippen LogP contribution in [0.15, 0.2) is 48.6 Å². The van der Waals surface area contributed by atoms with Crippen LogP contribution in [0.4, 0.5) is 0 Å². The van der Waals surface area contributed by atoms with Crippen molar-refractivity contribution in [1.29, 1.82) is 0 Å². The van der Waals surface area contributed by atoms with Crippen molar-refractivity contribution in [3.05, 3.63) is 70.8 Å². The first kappa shape index (κ1) is 12.3. The summed E-state index contributed by atoms with van der Waals surface area (Å²) in [6.45, 7) is 0. The Morgan fingerprint density at radius 1 is 0.625 bits per heavy atom. The van der Waals surface area contributed by atoms with Crippen molar-refractivity contribution in [1.82, 2.24) is 0 Å². The first-order valence-electron chi connectivity index (χ1n) is 7.78. The van der Waals surface area contributed by atoms with Gasteiger partial charge in [-0.3, -0.25) is 9.59 Å². The number of ketones is 2. The summed E-state index contributed by atoms with van der Waals surface area (Å²) >= 11 is 0. The Kier molecular flexibility index (Phi) is 1.80. The van der Waals surface area contributed by atoms with E-state index in [1.165, 1.54) is 12.2 Å². The maximum Gasteiger partial charge on any atom is 0.251 e. The molecule has 0 unspecified atom stereocenters. The molecule has 0 bridgehead atoms. The Morgan fingerprint density at radius 3 is 1.54 bits per heavy atom. The highest BCUT2D eigenvalue weighted by atomic mass is 16.6. The summed E-state index contributed by atoms with van der Waals surface area (Å²) in [4.78, 5) is 26.1. The minimum atomic E-state index is -1.46. The fourth-order valence-electron chi connectivity index (χ4n) is 4.48. The Labute approximate surface area is 137 Å². The van der Waals surface area contributed by atoms with Crippen LogP contribution in [-0.4, -0.2) is 11.6 Å². The molecule has 2 aliphatic carbocycles. The molecule has 0 radical (unpaired) electrons. The van der Waals surface area contributed by atoms with Crippen LogP contribution in [0.3, 0.4) is 0 Å². The molecule has 4 heteroatoms. The molecular formula is C20H10O4. The van der Waals surface area contributed by atoms with E-state index in [0.717, 1.165) is 11.1 Å². The van der Waals surface area contributed by atoms with Gasteiger partial charge in [0.05, 0.1) is 11.1 Å². The molecule has 0 aromatic heterocycles. The number of hydrogen-bond acceptors (Lipinski definition) is 4. The lowest BCUT2D eigenvalue weighted by molar-refractivity contribution is -0.156. The van der Waals surface area contributed by atoms with E-state index < -0.39 is 11.2 Å². The molecule has 2 atom stereocenters. The Bertz CT molecular complexity index is 976. The van der Waals surface area contributed by atoms with Crippen LogP contribution in [0.2, 0.25) is 0 Å². The minimum absolute atomic E-state index is 0.259. The summed E-state index contributed by atoms with van der Waals surface area (Å²) in [6.07, 6.45) is 6.48. The van der Waals surface area contributed by atoms with Gasteiger partial charge in [-0.05, 0) is 35.4 Å². The minimum Gasteiger partial charge on any atom is -0.468 e. The third-order valence-electron chi connectivity index (χ3n) is 5.37. The molecule has 2 aromatic carbocycles. The van der Waals surface area contributed by atoms with E-state index in [1.54, 1.807) is 24.3 Å². The van der Waals surface area contributed by atoms with Gasteiger partial charge in [0.15, 0.2) is 0 Å². The summed E-state index contributed by atoms with van der Waals surface area (Å²) in [5, 5.41) is 0. The van der Waals surface area contributed by atoms with Gasteiger partial charge in [-0.15, -0.1) is 0 Å². The standard InChI is InChI=1S/C20H10O4/c21-15-9-7-11-3-1-5-13-17(11)19(15)20(23-13)16(22)10-8-12-4-2-6-14(24-19)18(12)20/h1-10H/t19-,20-/m1/s1. The van der Waals surface area contributed by atoms with Crippen molar-refractivity contribution in [2.24, 2.45) is 0 Å². The third kappa shape index (κ3) is 0.992. The molecule has 24 heavy (non-hydrogen) atoms. The van der Waals surface area contributed by atoms with Crippen LogP contribution in [-0.2, 0) is 20.8 Å². The van der Waals surface area contributed by atoms with Crippen LogP contribution >= 0.6 is 0 Å². The quantitative estimate of drug-likeness (QED) is 0.750. The largest absolute Gasteiger partial charge is 0.468 e. The zero-order valence-electron chi connectivity index (χ0n) is 12.4. The summed E-state index contributed by atoms with van der Waals surface area (Å²) in [7, 11) is 0. The molecule has 114 valence electrons. The van der Waals surface area contributed by atoms with Crippen molar-refractivity contribution in [3.8, 4) is 11.5 Å². The van der Waals surface area contributed by atoms with Gasteiger partial charge in [0.25, 0.3) is 11.2 Å². The SMILES string of the molecule is O=C1C=Cc2cccc3c2[C@]12Oc1cccc4c1[C@]2(O3)C(=O)C=C4. The average Bonchev–Trinajstić information content (AvgIpc) is 3.04. The highest BCUT2D eigenvalue weighted by Gasteiger charge is 2.76. The lowest BCUT2D eigenvalue weighted by Gasteiger charge is -2.36. The molecule has 2 aliphatic heterocycles. The van der Waals surface area contributed by atoms with Gasteiger partial charge in [-0.25, -0.2) is 0 Å². The van der Waals surface area contributed by atoms with Crippen LogP contribution in [0.5, 0.6) is 11.5 Å². The smallest absolute Gasteiger partial charge is 0.251 e. The molecule has 0 amide bonds.